The second-order valence-electron chi connectivity index (χ2n) is 6.97. The van der Waals surface area contributed by atoms with Gasteiger partial charge in [0.15, 0.2) is 0 Å². The summed E-state index contributed by atoms with van der Waals surface area (Å²) in [6.07, 6.45) is 3.08. The Morgan fingerprint density at radius 1 is 1.04 bits per heavy atom. The number of anilines is 1. The van der Waals surface area contributed by atoms with Gasteiger partial charge in [-0.05, 0) is 68.1 Å². The molecule has 4 heteroatoms. The molecule has 2 aromatic rings. The van der Waals surface area contributed by atoms with Crippen LogP contribution in [-0.2, 0) is 6.42 Å². The molecule has 2 aromatic carbocycles. The highest BCUT2D eigenvalue weighted by Gasteiger charge is 2.21. The van der Waals surface area contributed by atoms with Crippen LogP contribution in [0.15, 0.2) is 54.6 Å². The van der Waals surface area contributed by atoms with E-state index in [1.807, 2.05) is 12.1 Å². The highest BCUT2D eigenvalue weighted by Crippen LogP contribution is 2.22. The van der Waals surface area contributed by atoms with E-state index >= 15 is 0 Å². The SMILES string of the molecule is Nc1ccc(OCC(O)CN2CCC(Cc3ccccc3)CC2)cc1. The van der Waals surface area contributed by atoms with E-state index in [1.165, 1.54) is 18.4 Å². The van der Waals surface area contributed by atoms with Crippen LogP contribution in [0.25, 0.3) is 0 Å². The molecule has 0 saturated carbocycles. The van der Waals surface area contributed by atoms with Crippen molar-refractivity contribution in [3.05, 3.63) is 60.2 Å². The van der Waals surface area contributed by atoms with E-state index < -0.39 is 6.10 Å². The van der Waals surface area contributed by atoms with Crippen molar-refractivity contribution >= 4 is 5.69 Å². The molecule has 1 aliphatic rings. The molecule has 25 heavy (non-hydrogen) atoms. The Labute approximate surface area is 150 Å². The first-order chi connectivity index (χ1) is 12.2. The number of piperidine rings is 1. The zero-order chi connectivity index (χ0) is 17.5. The molecule has 1 aliphatic heterocycles. The Balaban J connectivity index is 1.36. The van der Waals surface area contributed by atoms with E-state index in [4.69, 9.17) is 10.5 Å². The topological polar surface area (TPSA) is 58.7 Å². The zero-order valence-corrected chi connectivity index (χ0v) is 14.7. The Morgan fingerprint density at radius 2 is 1.72 bits per heavy atom. The number of rotatable bonds is 7. The van der Waals surface area contributed by atoms with Gasteiger partial charge in [-0.1, -0.05) is 30.3 Å². The van der Waals surface area contributed by atoms with E-state index in [2.05, 4.69) is 35.2 Å². The fraction of sp³-hybridized carbons (Fsp3) is 0.429. The molecule has 0 radical (unpaired) electrons. The number of nitrogen functional groups attached to an aromatic ring is 1. The average molecular weight is 340 g/mol. The third kappa shape index (κ3) is 5.76. The highest BCUT2D eigenvalue weighted by molar-refractivity contribution is 5.41. The molecule has 1 fully saturated rings. The van der Waals surface area contributed by atoms with Gasteiger partial charge < -0.3 is 20.5 Å². The number of aliphatic hydroxyl groups is 1. The van der Waals surface area contributed by atoms with Gasteiger partial charge >= 0.3 is 0 Å². The quantitative estimate of drug-likeness (QED) is 0.761. The van der Waals surface area contributed by atoms with Gasteiger partial charge in [0.25, 0.3) is 0 Å². The normalized spacial score (nSPS) is 17.3. The number of likely N-dealkylation sites (tertiary alicyclic amines) is 1. The molecule has 1 unspecified atom stereocenters. The molecule has 134 valence electrons. The standard InChI is InChI=1S/C21H28N2O2/c22-19-6-8-21(9-7-19)25-16-20(24)15-23-12-10-18(11-13-23)14-17-4-2-1-3-5-17/h1-9,18,20,24H,10-16,22H2. The van der Waals surface area contributed by atoms with Crippen molar-refractivity contribution in [2.75, 3.05) is 32.0 Å². The lowest BCUT2D eigenvalue weighted by atomic mass is 9.90. The lowest BCUT2D eigenvalue weighted by Gasteiger charge is -2.33. The predicted molar refractivity (Wildman–Crippen MR) is 102 cm³/mol. The summed E-state index contributed by atoms with van der Waals surface area (Å²) >= 11 is 0. The summed E-state index contributed by atoms with van der Waals surface area (Å²) in [6.45, 7) is 3.09. The van der Waals surface area contributed by atoms with Crippen LogP contribution in [0, 0.1) is 5.92 Å². The third-order valence-corrected chi connectivity index (χ3v) is 4.87. The summed E-state index contributed by atoms with van der Waals surface area (Å²) in [4.78, 5) is 2.35. The van der Waals surface area contributed by atoms with E-state index in [1.54, 1.807) is 12.1 Å². The smallest absolute Gasteiger partial charge is 0.119 e. The Kier molecular flexibility index (Phi) is 6.31. The van der Waals surface area contributed by atoms with Gasteiger partial charge in [-0.2, -0.15) is 0 Å². The van der Waals surface area contributed by atoms with Gasteiger partial charge in [0.2, 0.25) is 0 Å². The first-order valence-corrected chi connectivity index (χ1v) is 9.12. The lowest BCUT2D eigenvalue weighted by Crippen LogP contribution is -2.41. The summed E-state index contributed by atoms with van der Waals surface area (Å²) in [5, 5.41) is 10.2. The molecule has 1 heterocycles. The summed E-state index contributed by atoms with van der Waals surface area (Å²) in [5.74, 6) is 1.50. The van der Waals surface area contributed by atoms with Crippen molar-refractivity contribution in [1.29, 1.82) is 0 Å². The van der Waals surface area contributed by atoms with Gasteiger partial charge in [0.05, 0.1) is 0 Å². The maximum atomic E-state index is 10.2. The summed E-state index contributed by atoms with van der Waals surface area (Å²) in [5.41, 5.74) is 7.80. The number of β-amino-alcohol motifs (C(OH)–C–C–N with tert-alkyl or cyclic N) is 1. The van der Waals surface area contributed by atoms with Crippen molar-refractivity contribution < 1.29 is 9.84 Å². The van der Waals surface area contributed by atoms with Crippen LogP contribution in [0.4, 0.5) is 5.69 Å². The van der Waals surface area contributed by atoms with Crippen LogP contribution in [-0.4, -0.2) is 42.4 Å². The van der Waals surface area contributed by atoms with E-state index in [9.17, 15) is 5.11 Å². The number of hydrogen-bond donors (Lipinski definition) is 2. The molecule has 0 aromatic heterocycles. The molecule has 0 spiro atoms. The summed E-state index contributed by atoms with van der Waals surface area (Å²) < 4.78 is 5.63. The predicted octanol–water partition coefficient (Wildman–Crippen LogP) is 2.96. The van der Waals surface area contributed by atoms with Crippen molar-refractivity contribution in [2.24, 2.45) is 5.92 Å². The average Bonchev–Trinajstić information content (AvgIpc) is 2.64. The minimum atomic E-state index is -0.469. The Bertz CT molecular complexity index is 622. The van der Waals surface area contributed by atoms with Crippen molar-refractivity contribution in [1.82, 2.24) is 4.90 Å². The number of hydrogen-bond acceptors (Lipinski definition) is 4. The molecule has 0 aliphatic carbocycles. The lowest BCUT2D eigenvalue weighted by molar-refractivity contribution is 0.0550. The molecular weight excluding hydrogens is 312 g/mol. The molecule has 3 N–H and O–H groups in total. The van der Waals surface area contributed by atoms with Gasteiger partial charge in [0, 0.05) is 12.2 Å². The molecule has 4 nitrogen and oxygen atoms in total. The summed E-state index contributed by atoms with van der Waals surface area (Å²) in [6, 6.07) is 18.0. The maximum Gasteiger partial charge on any atom is 0.119 e. The zero-order valence-electron chi connectivity index (χ0n) is 14.7. The van der Waals surface area contributed by atoms with Crippen LogP contribution in [0.1, 0.15) is 18.4 Å². The fourth-order valence-corrected chi connectivity index (χ4v) is 3.43. The molecular formula is C21H28N2O2. The van der Waals surface area contributed by atoms with Crippen LogP contribution in [0.3, 0.4) is 0 Å². The third-order valence-electron chi connectivity index (χ3n) is 4.87. The number of aliphatic hydroxyl groups excluding tert-OH is 1. The fourth-order valence-electron chi connectivity index (χ4n) is 3.43. The number of nitrogens with zero attached hydrogens (tertiary/aromatic N) is 1. The van der Waals surface area contributed by atoms with Gasteiger partial charge in [-0.15, -0.1) is 0 Å². The van der Waals surface area contributed by atoms with Crippen molar-refractivity contribution in [3.8, 4) is 5.75 Å². The number of ether oxygens (including phenoxy) is 1. The monoisotopic (exact) mass is 340 g/mol. The molecule has 1 atom stereocenters. The van der Waals surface area contributed by atoms with Crippen molar-refractivity contribution in [2.45, 2.75) is 25.4 Å². The van der Waals surface area contributed by atoms with Gasteiger partial charge in [-0.3, -0.25) is 0 Å². The molecule has 1 saturated heterocycles. The van der Waals surface area contributed by atoms with Gasteiger partial charge in [-0.25, -0.2) is 0 Å². The number of benzene rings is 2. The highest BCUT2D eigenvalue weighted by atomic mass is 16.5. The minimum absolute atomic E-state index is 0.313. The van der Waals surface area contributed by atoms with E-state index in [-0.39, 0.29) is 0 Å². The van der Waals surface area contributed by atoms with Crippen LogP contribution in [0.2, 0.25) is 0 Å². The second-order valence-corrected chi connectivity index (χ2v) is 6.97. The van der Waals surface area contributed by atoms with Crippen LogP contribution >= 0.6 is 0 Å². The summed E-state index contributed by atoms with van der Waals surface area (Å²) in [7, 11) is 0. The van der Waals surface area contributed by atoms with Crippen molar-refractivity contribution in [3.63, 3.8) is 0 Å². The van der Waals surface area contributed by atoms with Crippen LogP contribution < -0.4 is 10.5 Å². The second kappa shape index (κ2) is 8.88. The van der Waals surface area contributed by atoms with Gasteiger partial charge in [0.1, 0.15) is 18.5 Å². The molecule has 0 amide bonds. The number of nitrogens with two attached hydrogens (primary N) is 1. The maximum absolute atomic E-state index is 10.2. The first kappa shape index (κ1) is 17.8. The minimum Gasteiger partial charge on any atom is -0.491 e. The molecule has 3 rings (SSSR count). The molecule has 0 bridgehead atoms. The largest absolute Gasteiger partial charge is 0.491 e. The van der Waals surface area contributed by atoms with Crippen LogP contribution in [0.5, 0.6) is 5.75 Å². The van der Waals surface area contributed by atoms with E-state index in [0.717, 1.165) is 31.2 Å². The Hall–Kier alpha value is -2.04. The first-order valence-electron chi connectivity index (χ1n) is 9.12. The van der Waals surface area contributed by atoms with E-state index in [0.29, 0.717) is 18.8 Å². The Morgan fingerprint density at radius 3 is 2.40 bits per heavy atom.